The topological polar surface area (TPSA) is 119 Å². The predicted octanol–water partition coefficient (Wildman–Crippen LogP) is 6.53. The first kappa shape index (κ1) is 32.1. The Morgan fingerprint density at radius 2 is 1.27 bits per heavy atom. The van der Waals surface area contributed by atoms with Gasteiger partial charge in [-0.1, -0.05) is 66.2 Å². The Kier molecular flexibility index (Phi) is 10.8. The normalized spacial score (nSPS) is 12.4. The van der Waals surface area contributed by atoms with Gasteiger partial charge in [-0.3, -0.25) is 0 Å². The fraction of sp³-hybridized carbons (Fsp3) is 0.182. The van der Waals surface area contributed by atoms with Crippen LogP contribution in [0, 0.1) is 3.57 Å². The standard InChI is InChI=1S/C33H27ClIN3O7/c1-21(44-33(41)24-15-9-4-10-16-24)30(38-17-26(35)27-28(34)36-20-37-29(27)38)45-25(18-42-31(39)22-11-5-2-6-12-22)19-43-32(40)23-13-7-3-8-14-23/h2-17,20-21,25,30H,18-19H2,1H3/t21-,30+/m0/s1. The number of benzene rings is 3. The van der Waals surface area contributed by atoms with Crippen LogP contribution in [0.15, 0.2) is 104 Å². The second-order valence-corrected chi connectivity index (χ2v) is 11.3. The molecular weight excluding hydrogens is 713 g/mol. The summed E-state index contributed by atoms with van der Waals surface area (Å²) in [5.74, 6) is -1.74. The molecule has 5 aromatic rings. The number of carbonyl (C=O) groups is 3. The number of nitrogens with zero attached hydrogens (tertiary/aromatic N) is 3. The third kappa shape index (κ3) is 8.04. The van der Waals surface area contributed by atoms with E-state index in [9.17, 15) is 14.4 Å². The molecule has 230 valence electrons. The minimum Gasteiger partial charge on any atom is -0.459 e. The van der Waals surface area contributed by atoms with Crippen LogP contribution >= 0.6 is 34.2 Å². The smallest absolute Gasteiger partial charge is 0.338 e. The van der Waals surface area contributed by atoms with Gasteiger partial charge in [0, 0.05) is 9.77 Å². The number of carbonyl (C=O) groups excluding carboxylic acids is 3. The quantitative estimate of drug-likeness (QED) is 0.0609. The van der Waals surface area contributed by atoms with Crippen LogP contribution in [0.3, 0.4) is 0 Å². The fourth-order valence-electron chi connectivity index (χ4n) is 4.45. The predicted molar refractivity (Wildman–Crippen MR) is 174 cm³/mol. The summed E-state index contributed by atoms with van der Waals surface area (Å²) in [7, 11) is 0. The highest BCUT2D eigenvalue weighted by molar-refractivity contribution is 14.1. The molecule has 2 aromatic heterocycles. The molecule has 0 aliphatic carbocycles. The van der Waals surface area contributed by atoms with Crippen molar-refractivity contribution in [2.75, 3.05) is 13.2 Å². The van der Waals surface area contributed by atoms with Gasteiger partial charge < -0.3 is 23.5 Å². The molecule has 0 fully saturated rings. The molecule has 45 heavy (non-hydrogen) atoms. The van der Waals surface area contributed by atoms with Crippen molar-refractivity contribution in [2.24, 2.45) is 0 Å². The number of rotatable bonds is 12. The minimum absolute atomic E-state index is 0.237. The third-order valence-corrected chi connectivity index (χ3v) is 7.75. The Morgan fingerprint density at radius 1 is 0.778 bits per heavy atom. The molecule has 0 bridgehead atoms. The number of aromatic nitrogens is 3. The van der Waals surface area contributed by atoms with Crippen molar-refractivity contribution in [3.05, 3.63) is 129 Å². The lowest BCUT2D eigenvalue weighted by atomic mass is 10.2. The van der Waals surface area contributed by atoms with Crippen LogP contribution in [-0.4, -0.2) is 57.9 Å². The fourth-order valence-corrected chi connectivity index (χ4v) is 5.63. The summed E-state index contributed by atoms with van der Waals surface area (Å²) in [5.41, 5.74) is 1.46. The number of ether oxygens (including phenoxy) is 4. The van der Waals surface area contributed by atoms with Gasteiger partial charge in [0.25, 0.3) is 0 Å². The summed E-state index contributed by atoms with van der Waals surface area (Å²) < 4.78 is 25.9. The molecule has 2 heterocycles. The molecule has 2 atom stereocenters. The summed E-state index contributed by atoms with van der Waals surface area (Å²) in [4.78, 5) is 47.2. The molecule has 3 aromatic carbocycles. The second kappa shape index (κ2) is 15.1. The highest BCUT2D eigenvalue weighted by Gasteiger charge is 2.31. The van der Waals surface area contributed by atoms with E-state index in [-0.39, 0.29) is 18.4 Å². The van der Waals surface area contributed by atoms with Crippen molar-refractivity contribution in [1.82, 2.24) is 14.5 Å². The first-order chi connectivity index (χ1) is 21.8. The van der Waals surface area contributed by atoms with Crippen LogP contribution in [-0.2, 0) is 18.9 Å². The Bertz CT molecular complexity index is 1720. The maximum atomic E-state index is 13.1. The van der Waals surface area contributed by atoms with Gasteiger partial charge in [-0.15, -0.1) is 0 Å². The van der Waals surface area contributed by atoms with Crippen LogP contribution < -0.4 is 0 Å². The average molecular weight is 740 g/mol. The maximum absolute atomic E-state index is 13.1. The Morgan fingerprint density at radius 3 is 1.78 bits per heavy atom. The molecule has 0 spiro atoms. The van der Waals surface area contributed by atoms with Gasteiger partial charge >= 0.3 is 17.9 Å². The van der Waals surface area contributed by atoms with Crippen LogP contribution in [0.25, 0.3) is 11.0 Å². The molecule has 0 amide bonds. The lowest BCUT2D eigenvalue weighted by molar-refractivity contribution is -0.139. The zero-order chi connectivity index (χ0) is 31.8. The van der Waals surface area contributed by atoms with Crippen LogP contribution in [0.5, 0.6) is 0 Å². The summed E-state index contributed by atoms with van der Waals surface area (Å²) in [6.45, 7) is 1.10. The molecule has 0 unspecified atom stereocenters. The van der Waals surface area contributed by atoms with Gasteiger partial charge in [0.2, 0.25) is 0 Å². The van der Waals surface area contributed by atoms with E-state index in [1.165, 1.54) is 6.33 Å². The number of hydrogen-bond acceptors (Lipinski definition) is 9. The molecule has 0 saturated heterocycles. The van der Waals surface area contributed by atoms with Gasteiger partial charge in [-0.25, -0.2) is 24.4 Å². The Balaban J connectivity index is 1.45. The number of halogens is 2. The van der Waals surface area contributed by atoms with E-state index in [0.717, 1.165) is 3.57 Å². The van der Waals surface area contributed by atoms with Gasteiger partial charge in [0.05, 0.1) is 22.1 Å². The molecule has 0 aliphatic heterocycles. The van der Waals surface area contributed by atoms with Crippen molar-refractivity contribution >= 4 is 63.1 Å². The lowest BCUT2D eigenvalue weighted by Crippen LogP contribution is -2.37. The zero-order valence-corrected chi connectivity index (χ0v) is 26.8. The molecular formula is C33H27ClIN3O7. The van der Waals surface area contributed by atoms with E-state index in [4.69, 9.17) is 30.5 Å². The van der Waals surface area contributed by atoms with E-state index in [2.05, 4.69) is 32.6 Å². The molecule has 10 nitrogen and oxygen atoms in total. The lowest BCUT2D eigenvalue weighted by Gasteiger charge is -2.30. The summed E-state index contributed by atoms with van der Waals surface area (Å²) >= 11 is 8.51. The minimum atomic E-state index is -1.02. The van der Waals surface area contributed by atoms with Crippen LogP contribution in [0.1, 0.15) is 44.2 Å². The van der Waals surface area contributed by atoms with E-state index in [1.807, 2.05) is 0 Å². The van der Waals surface area contributed by atoms with Gasteiger partial charge in [0.15, 0.2) is 6.23 Å². The van der Waals surface area contributed by atoms with E-state index in [0.29, 0.717) is 27.7 Å². The maximum Gasteiger partial charge on any atom is 0.338 e. The first-order valence-corrected chi connectivity index (χ1v) is 15.3. The summed E-state index contributed by atoms with van der Waals surface area (Å²) in [6, 6.07) is 25.5. The van der Waals surface area contributed by atoms with E-state index >= 15 is 0 Å². The monoisotopic (exact) mass is 739 g/mol. The SMILES string of the molecule is C[C@H](OC(=O)c1ccccc1)[C@@H](OC(COC(=O)c1ccccc1)COC(=O)c1ccccc1)n1cc(I)c2c(Cl)ncnc21. The highest BCUT2D eigenvalue weighted by atomic mass is 127. The highest BCUT2D eigenvalue weighted by Crippen LogP contribution is 2.32. The van der Waals surface area contributed by atoms with Crippen molar-refractivity contribution in [3.8, 4) is 0 Å². The molecule has 5 rings (SSSR count). The largest absolute Gasteiger partial charge is 0.459 e. The number of fused-ring (bicyclic) bond motifs is 1. The molecule has 12 heteroatoms. The zero-order valence-electron chi connectivity index (χ0n) is 23.9. The van der Waals surface area contributed by atoms with E-state index in [1.54, 1.807) is 109 Å². The molecule has 0 aliphatic rings. The second-order valence-electron chi connectivity index (χ2n) is 9.80. The number of hydrogen-bond donors (Lipinski definition) is 0. The first-order valence-electron chi connectivity index (χ1n) is 13.8. The van der Waals surface area contributed by atoms with Crippen molar-refractivity contribution < 1.29 is 33.3 Å². The summed E-state index contributed by atoms with van der Waals surface area (Å²) in [6.07, 6.45) is 0.142. The van der Waals surface area contributed by atoms with Crippen molar-refractivity contribution in [2.45, 2.75) is 25.4 Å². The summed E-state index contributed by atoms with van der Waals surface area (Å²) in [5, 5.41) is 0.818. The Hall–Kier alpha value is -4.33. The third-order valence-electron chi connectivity index (χ3n) is 6.65. The van der Waals surface area contributed by atoms with Crippen molar-refractivity contribution in [1.29, 1.82) is 0 Å². The van der Waals surface area contributed by atoms with Crippen LogP contribution in [0.4, 0.5) is 0 Å². The van der Waals surface area contributed by atoms with Crippen molar-refractivity contribution in [3.63, 3.8) is 0 Å². The molecule has 0 radical (unpaired) electrons. The van der Waals surface area contributed by atoms with E-state index < -0.39 is 36.3 Å². The van der Waals surface area contributed by atoms with Crippen LogP contribution in [0.2, 0.25) is 5.15 Å². The Labute approximate surface area is 277 Å². The molecule has 0 N–H and O–H groups in total. The molecule has 0 saturated carbocycles. The van der Waals surface area contributed by atoms with Gasteiger partial charge in [-0.05, 0) is 65.9 Å². The van der Waals surface area contributed by atoms with Gasteiger partial charge in [0.1, 0.15) is 42.5 Å². The van der Waals surface area contributed by atoms with Gasteiger partial charge in [-0.2, -0.15) is 0 Å². The average Bonchev–Trinajstić information content (AvgIpc) is 3.41. The number of esters is 3.